The molecule has 1 aromatic carbocycles. The molecule has 0 spiro atoms. The second kappa shape index (κ2) is 6.50. The zero-order valence-electron chi connectivity index (χ0n) is 11.3. The monoisotopic (exact) mass is 261 g/mol. The standard InChI is InChI=1S/C17H15N3/c1-13-6-5-9-20-17(13)10-16(15(11-18)12-19)14-7-3-2-4-8-14/h2-9,15-16H,10H2,1H3. The van der Waals surface area contributed by atoms with Crippen molar-refractivity contribution in [3.8, 4) is 12.1 Å². The molecule has 0 amide bonds. The molecular formula is C17H15N3. The first-order chi connectivity index (χ1) is 9.76. The average molecular weight is 261 g/mol. The van der Waals surface area contributed by atoms with Gasteiger partial charge in [0, 0.05) is 17.8 Å². The van der Waals surface area contributed by atoms with Crippen molar-refractivity contribution in [3.05, 3.63) is 65.5 Å². The number of nitriles is 2. The van der Waals surface area contributed by atoms with Crippen LogP contribution < -0.4 is 0 Å². The predicted octanol–water partition coefficient (Wildman–Crippen LogP) is 3.38. The summed E-state index contributed by atoms with van der Waals surface area (Å²) in [6.07, 6.45) is 2.35. The highest BCUT2D eigenvalue weighted by Crippen LogP contribution is 2.28. The summed E-state index contributed by atoms with van der Waals surface area (Å²) in [6, 6.07) is 17.8. The van der Waals surface area contributed by atoms with E-state index in [0.29, 0.717) is 6.42 Å². The van der Waals surface area contributed by atoms with Crippen molar-refractivity contribution < 1.29 is 0 Å². The molecule has 20 heavy (non-hydrogen) atoms. The third kappa shape index (κ3) is 3.02. The van der Waals surface area contributed by atoms with E-state index in [1.165, 1.54) is 0 Å². The van der Waals surface area contributed by atoms with Gasteiger partial charge >= 0.3 is 0 Å². The SMILES string of the molecule is Cc1cccnc1CC(c1ccccc1)C(C#N)C#N. The van der Waals surface area contributed by atoms with Crippen molar-refractivity contribution in [2.45, 2.75) is 19.3 Å². The molecule has 1 heterocycles. The highest BCUT2D eigenvalue weighted by Gasteiger charge is 2.24. The second-order valence-electron chi connectivity index (χ2n) is 4.72. The molecule has 0 saturated heterocycles. The lowest BCUT2D eigenvalue weighted by Crippen LogP contribution is -2.14. The molecule has 1 unspecified atom stereocenters. The highest BCUT2D eigenvalue weighted by molar-refractivity contribution is 5.29. The average Bonchev–Trinajstić information content (AvgIpc) is 2.50. The van der Waals surface area contributed by atoms with Crippen molar-refractivity contribution in [2.24, 2.45) is 5.92 Å². The maximum atomic E-state index is 9.21. The third-order valence-electron chi connectivity index (χ3n) is 3.44. The van der Waals surface area contributed by atoms with Gasteiger partial charge in [-0.1, -0.05) is 36.4 Å². The van der Waals surface area contributed by atoms with E-state index in [4.69, 9.17) is 0 Å². The van der Waals surface area contributed by atoms with Crippen LogP contribution in [0.3, 0.4) is 0 Å². The quantitative estimate of drug-likeness (QED) is 0.847. The Kier molecular flexibility index (Phi) is 4.47. The van der Waals surface area contributed by atoms with Crippen molar-refractivity contribution in [1.82, 2.24) is 4.98 Å². The zero-order chi connectivity index (χ0) is 14.4. The van der Waals surface area contributed by atoms with Crippen LogP contribution in [0.15, 0.2) is 48.7 Å². The topological polar surface area (TPSA) is 60.5 Å². The van der Waals surface area contributed by atoms with E-state index in [0.717, 1.165) is 16.8 Å². The van der Waals surface area contributed by atoms with Crippen LogP contribution in [-0.4, -0.2) is 4.98 Å². The van der Waals surface area contributed by atoms with Gasteiger partial charge in [0.15, 0.2) is 0 Å². The molecule has 2 rings (SSSR count). The van der Waals surface area contributed by atoms with E-state index in [2.05, 4.69) is 17.1 Å². The number of hydrogen-bond acceptors (Lipinski definition) is 3. The van der Waals surface area contributed by atoms with E-state index in [1.807, 2.05) is 49.4 Å². The first-order valence-corrected chi connectivity index (χ1v) is 6.51. The van der Waals surface area contributed by atoms with E-state index >= 15 is 0 Å². The Hall–Kier alpha value is -2.65. The number of aryl methyl sites for hydroxylation is 1. The maximum Gasteiger partial charge on any atom is 0.140 e. The van der Waals surface area contributed by atoms with E-state index < -0.39 is 5.92 Å². The summed E-state index contributed by atoms with van der Waals surface area (Å²) < 4.78 is 0. The second-order valence-corrected chi connectivity index (χ2v) is 4.72. The summed E-state index contributed by atoms with van der Waals surface area (Å²) in [5.41, 5.74) is 3.03. The Morgan fingerprint density at radius 2 is 1.75 bits per heavy atom. The molecule has 3 nitrogen and oxygen atoms in total. The van der Waals surface area contributed by atoms with Crippen LogP contribution in [0.5, 0.6) is 0 Å². The lowest BCUT2D eigenvalue weighted by molar-refractivity contribution is 0.598. The number of hydrogen-bond donors (Lipinski definition) is 0. The minimum absolute atomic E-state index is 0.153. The molecule has 98 valence electrons. The van der Waals surface area contributed by atoms with Crippen LogP contribution in [0, 0.1) is 35.5 Å². The summed E-state index contributed by atoms with van der Waals surface area (Å²) in [5.74, 6) is -0.821. The van der Waals surface area contributed by atoms with Crippen molar-refractivity contribution >= 4 is 0 Å². The van der Waals surface area contributed by atoms with E-state index in [1.54, 1.807) is 6.20 Å². The van der Waals surface area contributed by atoms with Crippen LogP contribution in [0.4, 0.5) is 0 Å². The number of nitrogens with zero attached hydrogens (tertiary/aromatic N) is 3. The number of aromatic nitrogens is 1. The van der Waals surface area contributed by atoms with Gasteiger partial charge in [-0.3, -0.25) is 4.98 Å². The minimum Gasteiger partial charge on any atom is -0.261 e. The Morgan fingerprint density at radius 1 is 1.05 bits per heavy atom. The summed E-state index contributed by atoms with van der Waals surface area (Å²) >= 11 is 0. The van der Waals surface area contributed by atoms with Gasteiger partial charge in [-0.25, -0.2) is 0 Å². The maximum absolute atomic E-state index is 9.21. The normalized spacial score (nSPS) is 11.6. The van der Waals surface area contributed by atoms with Gasteiger partial charge in [-0.15, -0.1) is 0 Å². The lowest BCUT2D eigenvalue weighted by atomic mass is 9.83. The van der Waals surface area contributed by atoms with Gasteiger partial charge in [0.05, 0.1) is 12.1 Å². The number of pyridine rings is 1. The summed E-state index contributed by atoms with van der Waals surface area (Å²) in [4.78, 5) is 4.38. The molecule has 2 aromatic rings. The first-order valence-electron chi connectivity index (χ1n) is 6.51. The molecule has 0 aliphatic carbocycles. The van der Waals surface area contributed by atoms with Crippen LogP contribution >= 0.6 is 0 Å². The summed E-state index contributed by atoms with van der Waals surface area (Å²) in [6.45, 7) is 2.00. The van der Waals surface area contributed by atoms with Crippen molar-refractivity contribution in [2.75, 3.05) is 0 Å². The summed E-state index contributed by atoms with van der Waals surface area (Å²) in [7, 11) is 0. The molecule has 0 radical (unpaired) electrons. The smallest absolute Gasteiger partial charge is 0.140 e. The largest absolute Gasteiger partial charge is 0.261 e. The fraction of sp³-hybridized carbons (Fsp3) is 0.235. The van der Waals surface area contributed by atoms with Crippen molar-refractivity contribution in [1.29, 1.82) is 10.5 Å². The fourth-order valence-electron chi connectivity index (χ4n) is 2.28. The van der Waals surface area contributed by atoms with Gasteiger partial charge in [0.25, 0.3) is 0 Å². The van der Waals surface area contributed by atoms with Crippen LogP contribution in [0.1, 0.15) is 22.7 Å². The molecule has 1 atom stereocenters. The molecule has 1 aromatic heterocycles. The van der Waals surface area contributed by atoms with Gasteiger partial charge in [0.1, 0.15) is 5.92 Å². The molecule has 0 aliphatic heterocycles. The predicted molar refractivity (Wildman–Crippen MR) is 76.6 cm³/mol. The lowest BCUT2D eigenvalue weighted by Gasteiger charge is -2.18. The third-order valence-corrected chi connectivity index (χ3v) is 3.44. The molecule has 0 bridgehead atoms. The molecule has 0 fully saturated rings. The van der Waals surface area contributed by atoms with Gasteiger partial charge in [0.2, 0.25) is 0 Å². The van der Waals surface area contributed by atoms with Gasteiger partial charge in [-0.2, -0.15) is 10.5 Å². The fourth-order valence-corrected chi connectivity index (χ4v) is 2.28. The Morgan fingerprint density at radius 3 is 2.35 bits per heavy atom. The first kappa shape index (κ1) is 13.8. The Labute approximate surface area is 119 Å². The van der Waals surface area contributed by atoms with E-state index in [-0.39, 0.29) is 5.92 Å². The van der Waals surface area contributed by atoms with Gasteiger partial charge in [-0.05, 0) is 30.5 Å². The Balaban J connectivity index is 2.37. The molecule has 3 heteroatoms. The zero-order valence-corrected chi connectivity index (χ0v) is 11.3. The molecule has 0 aliphatic rings. The molecule has 0 N–H and O–H groups in total. The van der Waals surface area contributed by atoms with Crippen LogP contribution in [0.2, 0.25) is 0 Å². The van der Waals surface area contributed by atoms with Gasteiger partial charge < -0.3 is 0 Å². The molecule has 0 saturated carbocycles. The number of rotatable bonds is 4. The number of benzene rings is 1. The summed E-state index contributed by atoms with van der Waals surface area (Å²) in [5, 5.41) is 18.4. The molecular weight excluding hydrogens is 246 g/mol. The van der Waals surface area contributed by atoms with Crippen LogP contribution in [0.25, 0.3) is 0 Å². The van der Waals surface area contributed by atoms with Crippen LogP contribution in [-0.2, 0) is 6.42 Å². The highest BCUT2D eigenvalue weighted by atomic mass is 14.7. The van der Waals surface area contributed by atoms with E-state index in [9.17, 15) is 10.5 Å². The minimum atomic E-state index is -0.668. The van der Waals surface area contributed by atoms with Crippen molar-refractivity contribution in [3.63, 3.8) is 0 Å². The Bertz CT molecular complexity index is 636.